The minimum absolute atomic E-state index is 0.333. The summed E-state index contributed by atoms with van der Waals surface area (Å²) in [6.07, 6.45) is 1.10. The molecule has 1 amide bonds. The van der Waals surface area contributed by atoms with Crippen molar-refractivity contribution >= 4 is 27.3 Å². The topological polar surface area (TPSA) is 69.7 Å². The molecule has 1 N–H and O–H groups in total. The number of benzene rings is 2. The number of amides is 1. The molecule has 0 bridgehead atoms. The van der Waals surface area contributed by atoms with E-state index in [1.54, 1.807) is 37.3 Å². The van der Waals surface area contributed by atoms with Crippen molar-refractivity contribution in [2.24, 2.45) is 0 Å². The van der Waals surface area contributed by atoms with Crippen molar-refractivity contribution < 1.29 is 13.2 Å². The van der Waals surface area contributed by atoms with E-state index < -0.39 is 16.1 Å². The second-order valence-corrected chi connectivity index (χ2v) is 7.98. The highest BCUT2D eigenvalue weighted by Crippen LogP contribution is 2.20. The van der Waals surface area contributed by atoms with E-state index in [0.717, 1.165) is 16.2 Å². The van der Waals surface area contributed by atoms with Crippen LogP contribution in [0, 0.1) is 0 Å². The second kappa shape index (κ2) is 8.71. The predicted octanol–water partition coefficient (Wildman–Crippen LogP) is 2.09. The Hall–Kier alpha value is -2.54. The lowest BCUT2D eigenvalue weighted by Gasteiger charge is -2.28. The molecule has 0 aliphatic heterocycles. The van der Waals surface area contributed by atoms with Gasteiger partial charge in [-0.2, -0.15) is 0 Å². The number of anilines is 2. The van der Waals surface area contributed by atoms with E-state index in [9.17, 15) is 13.2 Å². The van der Waals surface area contributed by atoms with Gasteiger partial charge in [0.15, 0.2) is 0 Å². The third kappa shape index (κ3) is 5.23. The third-order valence-corrected chi connectivity index (χ3v) is 5.28. The molecule has 0 unspecified atom stereocenters. The summed E-state index contributed by atoms with van der Waals surface area (Å²) in [6.45, 7) is 2.62. The number of para-hydroxylation sites is 2. The molecular weight excluding hydrogens is 350 g/mol. The SMILES string of the molecule is C[C@H](C(=O)NCCN(C)c1ccccc1)N(c1ccccc1)S(C)(=O)=O. The molecule has 2 aromatic carbocycles. The van der Waals surface area contributed by atoms with Crippen LogP contribution in [-0.2, 0) is 14.8 Å². The molecule has 0 aliphatic rings. The number of nitrogens with one attached hydrogen (secondary N) is 1. The quantitative estimate of drug-likeness (QED) is 0.767. The van der Waals surface area contributed by atoms with E-state index in [1.807, 2.05) is 42.3 Å². The average molecular weight is 375 g/mol. The van der Waals surface area contributed by atoms with Crippen molar-refractivity contribution in [3.8, 4) is 0 Å². The number of carbonyl (C=O) groups is 1. The van der Waals surface area contributed by atoms with Crippen LogP contribution in [0.25, 0.3) is 0 Å². The summed E-state index contributed by atoms with van der Waals surface area (Å²) in [6, 6.07) is 17.6. The summed E-state index contributed by atoms with van der Waals surface area (Å²) in [5.74, 6) is -0.333. The molecule has 2 aromatic rings. The van der Waals surface area contributed by atoms with Gasteiger partial charge in [0.2, 0.25) is 15.9 Å². The Bertz CT molecular complexity index is 810. The zero-order valence-electron chi connectivity index (χ0n) is 15.3. The van der Waals surface area contributed by atoms with Crippen molar-refractivity contribution in [3.05, 3.63) is 60.7 Å². The van der Waals surface area contributed by atoms with Gasteiger partial charge in [0.05, 0.1) is 11.9 Å². The molecule has 0 saturated heterocycles. The monoisotopic (exact) mass is 375 g/mol. The van der Waals surface area contributed by atoms with Gasteiger partial charge in [-0.1, -0.05) is 36.4 Å². The van der Waals surface area contributed by atoms with E-state index in [2.05, 4.69) is 5.32 Å². The Balaban J connectivity index is 1.99. The van der Waals surface area contributed by atoms with Gasteiger partial charge in [0, 0.05) is 25.8 Å². The highest BCUT2D eigenvalue weighted by Gasteiger charge is 2.28. The molecule has 0 radical (unpaired) electrons. The summed E-state index contributed by atoms with van der Waals surface area (Å²) in [5, 5.41) is 2.82. The predicted molar refractivity (Wildman–Crippen MR) is 106 cm³/mol. The summed E-state index contributed by atoms with van der Waals surface area (Å²) < 4.78 is 25.5. The molecule has 6 nitrogen and oxygen atoms in total. The van der Waals surface area contributed by atoms with Crippen molar-refractivity contribution in [2.45, 2.75) is 13.0 Å². The maximum absolute atomic E-state index is 12.5. The first kappa shape index (κ1) is 19.8. The zero-order valence-corrected chi connectivity index (χ0v) is 16.1. The highest BCUT2D eigenvalue weighted by atomic mass is 32.2. The molecule has 140 valence electrons. The largest absolute Gasteiger partial charge is 0.373 e. The van der Waals surface area contributed by atoms with Gasteiger partial charge >= 0.3 is 0 Å². The fourth-order valence-corrected chi connectivity index (χ4v) is 3.86. The van der Waals surface area contributed by atoms with Crippen molar-refractivity contribution in [2.75, 3.05) is 35.6 Å². The van der Waals surface area contributed by atoms with Crippen LogP contribution in [0.15, 0.2) is 60.7 Å². The normalized spacial score (nSPS) is 12.3. The van der Waals surface area contributed by atoms with Gasteiger partial charge < -0.3 is 10.2 Å². The van der Waals surface area contributed by atoms with Crippen LogP contribution in [0.3, 0.4) is 0 Å². The fourth-order valence-electron chi connectivity index (χ4n) is 2.69. The standard InChI is InChI=1S/C19H25N3O3S/c1-16(22(26(3,24)25)18-12-8-5-9-13-18)19(23)20-14-15-21(2)17-10-6-4-7-11-17/h4-13,16H,14-15H2,1-3H3,(H,20,23)/t16-/m1/s1. The second-order valence-electron chi connectivity index (χ2n) is 6.12. The summed E-state index contributed by atoms with van der Waals surface area (Å²) in [4.78, 5) is 14.5. The first-order valence-electron chi connectivity index (χ1n) is 8.39. The highest BCUT2D eigenvalue weighted by molar-refractivity contribution is 7.92. The maximum atomic E-state index is 12.5. The minimum Gasteiger partial charge on any atom is -0.373 e. The zero-order chi connectivity index (χ0) is 19.2. The number of carbonyl (C=O) groups excluding carboxylic acids is 1. The molecule has 0 saturated carbocycles. The number of hydrogen-bond acceptors (Lipinski definition) is 4. The molecule has 0 heterocycles. The maximum Gasteiger partial charge on any atom is 0.243 e. The lowest BCUT2D eigenvalue weighted by Crippen LogP contribution is -2.49. The molecular formula is C19H25N3O3S. The summed E-state index contributed by atoms with van der Waals surface area (Å²) in [7, 11) is -1.64. The molecule has 0 fully saturated rings. The molecule has 1 atom stereocenters. The number of rotatable bonds is 8. The molecule has 2 rings (SSSR count). The van der Waals surface area contributed by atoms with E-state index in [-0.39, 0.29) is 5.91 Å². The van der Waals surface area contributed by atoms with E-state index in [1.165, 1.54) is 0 Å². The van der Waals surface area contributed by atoms with E-state index >= 15 is 0 Å². The van der Waals surface area contributed by atoms with Gasteiger partial charge in [-0.3, -0.25) is 9.10 Å². The van der Waals surface area contributed by atoms with Gasteiger partial charge in [-0.15, -0.1) is 0 Å². The minimum atomic E-state index is -3.58. The molecule has 26 heavy (non-hydrogen) atoms. The van der Waals surface area contributed by atoms with Crippen molar-refractivity contribution in [1.29, 1.82) is 0 Å². The van der Waals surface area contributed by atoms with E-state index in [4.69, 9.17) is 0 Å². The summed E-state index contributed by atoms with van der Waals surface area (Å²) in [5.41, 5.74) is 1.52. The van der Waals surface area contributed by atoms with Crippen LogP contribution in [0.4, 0.5) is 11.4 Å². The van der Waals surface area contributed by atoms with Gasteiger partial charge in [0.25, 0.3) is 0 Å². The lowest BCUT2D eigenvalue weighted by atomic mass is 10.2. The first-order valence-corrected chi connectivity index (χ1v) is 10.2. The number of nitrogens with zero attached hydrogens (tertiary/aromatic N) is 2. The Morgan fingerprint density at radius 2 is 1.50 bits per heavy atom. The van der Waals surface area contributed by atoms with E-state index in [0.29, 0.717) is 18.8 Å². The number of hydrogen-bond donors (Lipinski definition) is 1. The molecule has 0 aromatic heterocycles. The van der Waals surface area contributed by atoms with Crippen LogP contribution in [0.2, 0.25) is 0 Å². The summed E-state index contributed by atoms with van der Waals surface area (Å²) >= 11 is 0. The van der Waals surface area contributed by atoms with Crippen LogP contribution >= 0.6 is 0 Å². The van der Waals surface area contributed by atoms with Crippen LogP contribution in [-0.4, -0.2) is 46.8 Å². The van der Waals surface area contributed by atoms with Crippen LogP contribution in [0.5, 0.6) is 0 Å². The Kier molecular flexibility index (Phi) is 6.63. The Morgan fingerprint density at radius 3 is 2.00 bits per heavy atom. The Morgan fingerprint density at radius 1 is 1.00 bits per heavy atom. The fraction of sp³-hybridized carbons (Fsp3) is 0.316. The van der Waals surface area contributed by atoms with Gasteiger partial charge in [-0.25, -0.2) is 8.42 Å². The molecule has 7 heteroatoms. The smallest absolute Gasteiger partial charge is 0.243 e. The number of likely N-dealkylation sites (N-methyl/N-ethyl adjacent to an activating group) is 1. The van der Waals surface area contributed by atoms with Gasteiger partial charge in [0.1, 0.15) is 6.04 Å². The molecule has 0 spiro atoms. The van der Waals surface area contributed by atoms with Crippen molar-refractivity contribution in [1.82, 2.24) is 5.32 Å². The third-order valence-electron chi connectivity index (χ3n) is 4.04. The van der Waals surface area contributed by atoms with Crippen LogP contribution < -0.4 is 14.5 Å². The van der Waals surface area contributed by atoms with Gasteiger partial charge in [-0.05, 0) is 31.2 Å². The number of sulfonamides is 1. The van der Waals surface area contributed by atoms with Crippen LogP contribution in [0.1, 0.15) is 6.92 Å². The first-order chi connectivity index (χ1) is 12.3. The Labute approximate surface area is 155 Å². The lowest BCUT2D eigenvalue weighted by molar-refractivity contribution is -0.121. The van der Waals surface area contributed by atoms with Crippen molar-refractivity contribution in [3.63, 3.8) is 0 Å². The average Bonchev–Trinajstić information content (AvgIpc) is 2.62. The molecule has 0 aliphatic carbocycles.